The lowest BCUT2D eigenvalue weighted by atomic mass is 10.2. The first kappa shape index (κ1) is 19.7. The minimum Gasteiger partial charge on any atom is -0.323 e. The van der Waals surface area contributed by atoms with E-state index in [-0.39, 0.29) is 16.4 Å². The topological polar surface area (TPSA) is 49.4 Å². The van der Waals surface area contributed by atoms with Crippen molar-refractivity contribution in [1.29, 1.82) is 0 Å². The molecule has 2 amide bonds. The van der Waals surface area contributed by atoms with Gasteiger partial charge < -0.3 is 10.2 Å². The summed E-state index contributed by atoms with van der Waals surface area (Å²) in [5.41, 5.74) is -1.37. The molecule has 0 saturated heterocycles. The molecular weight excluding hydrogens is 376 g/mol. The van der Waals surface area contributed by atoms with Crippen LogP contribution in [0.5, 0.6) is 0 Å². The molecule has 0 saturated carbocycles. The number of amides is 2. The van der Waals surface area contributed by atoms with Gasteiger partial charge in [-0.1, -0.05) is 23.7 Å². The SMILES string of the molecule is CC(=O)N(CC(=O)Nc1cc(C(F)(F)F)ccc1Cl)c1ccccc1F. The molecule has 0 atom stereocenters. The summed E-state index contributed by atoms with van der Waals surface area (Å²) in [6, 6.07) is 7.78. The Morgan fingerprint density at radius 2 is 1.81 bits per heavy atom. The van der Waals surface area contributed by atoms with E-state index in [1.165, 1.54) is 18.2 Å². The van der Waals surface area contributed by atoms with E-state index in [4.69, 9.17) is 11.6 Å². The number of anilines is 2. The second-order valence-electron chi connectivity index (χ2n) is 5.30. The van der Waals surface area contributed by atoms with Crippen molar-refractivity contribution in [2.75, 3.05) is 16.8 Å². The molecule has 0 aliphatic carbocycles. The smallest absolute Gasteiger partial charge is 0.323 e. The number of carbonyl (C=O) groups is 2. The number of carbonyl (C=O) groups excluding carboxylic acids is 2. The van der Waals surface area contributed by atoms with Crippen LogP contribution in [0.1, 0.15) is 12.5 Å². The average molecular weight is 389 g/mol. The monoisotopic (exact) mass is 388 g/mol. The number of nitrogens with one attached hydrogen (secondary N) is 1. The third-order valence-electron chi connectivity index (χ3n) is 3.39. The average Bonchev–Trinajstić information content (AvgIpc) is 2.54. The molecule has 0 unspecified atom stereocenters. The number of hydrogen-bond donors (Lipinski definition) is 1. The first-order valence-corrected chi connectivity index (χ1v) is 7.66. The third-order valence-corrected chi connectivity index (χ3v) is 3.72. The van der Waals surface area contributed by atoms with Crippen LogP contribution in [-0.4, -0.2) is 18.4 Å². The fourth-order valence-electron chi connectivity index (χ4n) is 2.17. The Morgan fingerprint density at radius 3 is 2.38 bits per heavy atom. The second-order valence-corrected chi connectivity index (χ2v) is 5.70. The van der Waals surface area contributed by atoms with Gasteiger partial charge in [-0.3, -0.25) is 9.59 Å². The van der Waals surface area contributed by atoms with Crippen LogP contribution in [0.25, 0.3) is 0 Å². The summed E-state index contributed by atoms with van der Waals surface area (Å²) in [4.78, 5) is 24.8. The Hall–Kier alpha value is -2.61. The summed E-state index contributed by atoms with van der Waals surface area (Å²) in [6.45, 7) is 0.541. The van der Waals surface area contributed by atoms with Gasteiger partial charge in [0, 0.05) is 6.92 Å². The van der Waals surface area contributed by atoms with Gasteiger partial charge in [-0.25, -0.2) is 4.39 Å². The van der Waals surface area contributed by atoms with Gasteiger partial charge in [-0.05, 0) is 30.3 Å². The highest BCUT2D eigenvalue weighted by atomic mass is 35.5. The fraction of sp³-hybridized carbons (Fsp3) is 0.176. The maximum Gasteiger partial charge on any atom is 0.416 e. The molecule has 0 fully saturated rings. The molecule has 0 aromatic heterocycles. The standard InChI is InChI=1S/C17H13ClF4N2O2/c1-10(25)24(15-5-3-2-4-13(15)19)9-16(26)23-14-8-11(17(20,21)22)6-7-12(14)18/h2-8H,9H2,1H3,(H,23,26). The van der Waals surface area contributed by atoms with Gasteiger partial charge in [0.1, 0.15) is 12.4 Å². The zero-order valence-electron chi connectivity index (χ0n) is 13.4. The Morgan fingerprint density at radius 1 is 1.15 bits per heavy atom. The Labute approximate surface area is 151 Å². The van der Waals surface area contributed by atoms with Gasteiger partial charge in [0.2, 0.25) is 11.8 Å². The minimum absolute atomic E-state index is 0.105. The van der Waals surface area contributed by atoms with Crippen molar-refractivity contribution in [3.8, 4) is 0 Å². The van der Waals surface area contributed by atoms with Crippen LogP contribution >= 0.6 is 11.6 Å². The molecule has 4 nitrogen and oxygen atoms in total. The van der Waals surface area contributed by atoms with E-state index in [1.54, 1.807) is 0 Å². The van der Waals surface area contributed by atoms with Crippen LogP contribution in [0.2, 0.25) is 5.02 Å². The lowest BCUT2D eigenvalue weighted by Crippen LogP contribution is -2.37. The first-order valence-electron chi connectivity index (χ1n) is 7.29. The van der Waals surface area contributed by atoms with Gasteiger partial charge in [0.15, 0.2) is 0 Å². The largest absolute Gasteiger partial charge is 0.416 e. The van der Waals surface area contributed by atoms with Gasteiger partial charge in [0.05, 0.1) is 22.0 Å². The van der Waals surface area contributed by atoms with Crippen LogP contribution in [0.3, 0.4) is 0 Å². The molecular formula is C17H13ClF4N2O2. The molecule has 0 spiro atoms. The molecule has 26 heavy (non-hydrogen) atoms. The molecule has 9 heteroatoms. The Bertz CT molecular complexity index is 840. The van der Waals surface area contributed by atoms with Crippen molar-refractivity contribution in [3.05, 3.63) is 58.9 Å². The maximum absolute atomic E-state index is 13.9. The number of hydrogen-bond acceptors (Lipinski definition) is 2. The highest BCUT2D eigenvalue weighted by Gasteiger charge is 2.31. The van der Waals surface area contributed by atoms with E-state index >= 15 is 0 Å². The highest BCUT2D eigenvalue weighted by Crippen LogP contribution is 2.33. The number of halogens is 5. The molecule has 0 radical (unpaired) electrons. The Balaban J connectivity index is 2.22. The maximum atomic E-state index is 13.9. The summed E-state index contributed by atoms with van der Waals surface area (Å²) >= 11 is 5.81. The number of alkyl halides is 3. The van der Waals surface area contributed by atoms with Crippen molar-refractivity contribution < 1.29 is 27.2 Å². The molecule has 0 aliphatic rings. The van der Waals surface area contributed by atoms with Crippen molar-refractivity contribution in [2.45, 2.75) is 13.1 Å². The van der Waals surface area contributed by atoms with E-state index < -0.39 is 35.9 Å². The number of rotatable bonds is 4. The van der Waals surface area contributed by atoms with E-state index in [0.717, 1.165) is 30.0 Å². The number of benzene rings is 2. The van der Waals surface area contributed by atoms with Crippen molar-refractivity contribution >= 4 is 34.8 Å². The van der Waals surface area contributed by atoms with Gasteiger partial charge in [0.25, 0.3) is 0 Å². The number of nitrogens with zero attached hydrogens (tertiary/aromatic N) is 1. The molecule has 0 aliphatic heterocycles. The summed E-state index contributed by atoms with van der Waals surface area (Å²) in [5, 5.41) is 2.11. The summed E-state index contributed by atoms with van der Waals surface area (Å²) in [5.74, 6) is -2.15. The third kappa shape index (κ3) is 4.72. The van der Waals surface area contributed by atoms with Crippen LogP contribution in [0.4, 0.5) is 28.9 Å². The molecule has 138 valence electrons. The van der Waals surface area contributed by atoms with Gasteiger partial charge in [-0.15, -0.1) is 0 Å². The van der Waals surface area contributed by atoms with Crippen LogP contribution in [0, 0.1) is 5.82 Å². The van der Waals surface area contributed by atoms with Crippen molar-refractivity contribution in [2.24, 2.45) is 0 Å². The minimum atomic E-state index is -4.61. The van der Waals surface area contributed by atoms with E-state index in [1.807, 2.05) is 0 Å². The zero-order valence-corrected chi connectivity index (χ0v) is 14.2. The fourth-order valence-corrected chi connectivity index (χ4v) is 2.33. The van der Waals surface area contributed by atoms with Gasteiger partial charge >= 0.3 is 6.18 Å². The van der Waals surface area contributed by atoms with E-state index in [2.05, 4.69) is 5.32 Å². The van der Waals surface area contributed by atoms with Crippen LogP contribution in [-0.2, 0) is 15.8 Å². The number of para-hydroxylation sites is 1. The lowest BCUT2D eigenvalue weighted by Gasteiger charge is -2.21. The summed E-state index contributed by atoms with van der Waals surface area (Å²) in [6.07, 6.45) is -4.61. The molecule has 0 bridgehead atoms. The van der Waals surface area contributed by atoms with Crippen LogP contribution < -0.4 is 10.2 Å². The molecule has 2 aromatic carbocycles. The normalized spacial score (nSPS) is 11.2. The molecule has 2 rings (SSSR count). The van der Waals surface area contributed by atoms with E-state index in [9.17, 15) is 27.2 Å². The van der Waals surface area contributed by atoms with Crippen molar-refractivity contribution in [1.82, 2.24) is 0 Å². The molecule has 1 N–H and O–H groups in total. The quantitative estimate of drug-likeness (QED) is 0.784. The second kappa shape index (κ2) is 7.74. The van der Waals surface area contributed by atoms with Gasteiger partial charge in [-0.2, -0.15) is 13.2 Å². The van der Waals surface area contributed by atoms with Crippen LogP contribution in [0.15, 0.2) is 42.5 Å². The predicted molar refractivity (Wildman–Crippen MR) is 89.5 cm³/mol. The van der Waals surface area contributed by atoms with E-state index in [0.29, 0.717) is 6.07 Å². The predicted octanol–water partition coefficient (Wildman–Crippen LogP) is 4.49. The zero-order chi connectivity index (χ0) is 19.5. The first-order chi connectivity index (χ1) is 12.1. The highest BCUT2D eigenvalue weighted by molar-refractivity contribution is 6.33. The summed E-state index contributed by atoms with van der Waals surface area (Å²) in [7, 11) is 0. The molecule has 2 aromatic rings. The summed E-state index contributed by atoms with van der Waals surface area (Å²) < 4.78 is 52.2. The Kier molecular flexibility index (Phi) is 5.86. The van der Waals surface area contributed by atoms with Crippen molar-refractivity contribution in [3.63, 3.8) is 0 Å². The lowest BCUT2D eigenvalue weighted by molar-refractivity contribution is -0.137. The molecule has 0 heterocycles.